The molecule has 78 valence electrons. The molecule has 1 aliphatic heterocycles. The van der Waals surface area contributed by atoms with Crippen LogP contribution in [-0.2, 0) is 9.84 Å². The van der Waals surface area contributed by atoms with Crippen LogP contribution < -0.4 is 5.32 Å². The molecule has 1 heterocycles. The number of aliphatic hydroxyl groups is 1. The first-order valence-electron chi connectivity index (χ1n) is 4.56. The molecule has 0 spiro atoms. The van der Waals surface area contributed by atoms with Gasteiger partial charge in [0, 0.05) is 6.04 Å². The summed E-state index contributed by atoms with van der Waals surface area (Å²) in [5.41, 5.74) is -1.06. The minimum Gasteiger partial charge on any atom is -0.387 e. The molecule has 2 unspecified atom stereocenters. The molecular formula is C8H17NO3S. The summed E-state index contributed by atoms with van der Waals surface area (Å²) >= 11 is 0. The second-order valence-corrected chi connectivity index (χ2v) is 5.91. The van der Waals surface area contributed by atoms with Crippen LogP contribution in [0.3, 0.4) is 0 Å². The predicted molar refractivity (Wildman–Crippen MR) is 51.4 cm³/mol. The summed E-state index contributed by atoms with van der Waals surface area (Å²) in [5, 5.41) is 13.0. The highest BCUT2D eigenvalue weighted by molar-refractivity contribution is 7.91. The van der Waals surface area contributed by atoms with E-state index in [4.69, 9.17) is 0 Å². The third-order valence-corrected chi connectivity index (χ3v) is 4.40. The zero-order chi connectivity index (χ0) is 10.1. The van der Waals surface area contributed by atoms with Gasteiger partial charge in [0.05, 0.1) is 17.1 Å². The predicted octanol–water partition coefficient (Wildman–Crippen LogP) is -0.466. The second kappa shape index (κ2) is 3.55. The first kappa shape index (κ1) is 10.9. The molecule has 0 aromatic rings. The lowest BCUT2D eigenvalue weighted by Gasteiger charge is -2.28. The van der Waals surface area contributed by atoms with Crippen LogP contribution >= 0.6 is 0 Å². The van der Waals surface area contributed by atoms with Crippen molar-refractivity contribution in [3.05, 3.63) is 0 Å². The molecule has 13 heavy (non-hydrogen) atoms. The summed E-state index contributed by atoms with van der Waals surface area (Å²) in [6, 6.07) is -0.158. The highest BCUT2D eigenvalue weighted by atomic mass is 32.2. The molecule has 0 saturated carbocycles. The van der Waals surface area contributed by atoms with Crippen LogP contribution in [0.15, 0.2) is 0 Å². The molecule has 0 radical (unpaired) electrons. The first-order valence-corrected chi connectivity index (χ1v) is 6.38. The van der Waals surface area contributed by atoms with E-state index < -0.39 is 15.4 Å². The van der Waals surface area contributed by atoms with Gasteiger partial charge >= 0.3 is 0 Å². The van der Waals surface area contributed by atoms with E-state index in [9.17, 15) is 13.5 Å². The zero-order valence-corrected chi connectivity index (χ0v) is 8.89. The van der Waals surface area contributed by atoms with Crippen molar-refractivity contribution in [2.75, 3.05) is 18.1 Å². The summed E-state index contributed by atoms with van der Waals surface area (Å²) in [7, 11) is -3.01. The Morgan fingerprint density at radius 3 is 2.62 bits per heavy atom. The Bertz CT molecular complexity index is 275. The molecule has 2 atom stereocenters. The van der Waals surface area contributed by atoms with Crippen LogP contribution in [0.4, 0.5) is 0 Å². The largest absolute Gasteiger partial charge is 0.387 e. The molecule has 5 heteroatoms. The number of hydrogen-bond donors (Lipinski definition) is 2. The van der Waals surface area contributed by atoms with E-state index in [1.807, 2.05) is 13.8 Å². The maximum absolute atomic E-state index is 11.2. The standard InChI is InChI=1S/C8H17NO3S/c1-3-9-7(2)8(10)4-5-13(11,12)6-8/h7,9-10H,3-6H2,1-2H3. The van der Waals surface area contributed by atoms with Gasteiger partial charge in [-0.3, -0.25) is 0 Å². The Morgan fingerprint density at radius 2 is 2.23 bits per heavy atom. The fourth-order valence-electron chi connectivity index (χ4n) is 1.70. The van der Waals surface area contributed by atoms with Gasteiger partial charge in [0.15, 0.2) is 9.84 Å². The van der Waals surface area contributed by atoms with Crippen molar-refractivity contribution < 1.29 is 13.5 Å². The highest BCUT2D eigenvalue weighted by Gasteiger charge is 2.44. The number of sulfone groups is 1. The lowest BCUT2D eigenvalue weighted by Crippen LogP contribution is -2.49. The lowest BCUT2D eigenvalue weighted by atomic mass is 9.95. The SMILES string of the molecule is CCNC(C)C1(O)CCS(=O)(=O)C1. The number of nitrogens with one attached hydrogen (secondary N) is 1. The zero-order valence-electron chi connectivity index (χ0n) is 8.08. The average molecular weight is 207 g/mol. The van der Waals surface area contributed by atoms with Gasteiger partial charge in [0.2, 0.25) is 0 Å². The molecule has 1 rings (SSSR count). The van der Waals surface area contributed by atoms with Crippen LogP contribution in [0.25, 0.3) is 0 Å². The maximum atomic E-state index is 11.2. The molecule has 0 aromatic carbocycles. The van der Waals surface area contributed by atoms with Crippen LogP contribution in [0.2, 0.25) is 0 Å². The van der Waals surface area contributed by atoms with E-state index in [-0.39, 0.29) is 17.5 Å². The van der Waals surface area contributed by atoms with Crippen LogP contribution in [0.1, 0.15) is 20.3 Å². The van der Waals surface area contributed by atoms with E-state index >= 15 is 0 Å². The molecule has 0 bridgehead atoms. The summed E-state index contributed by atoms with van der Waals surface area (Å²) in [4.78, 5) is 0. The third kappa shape index (κ3) is 2.42. The minimum absolute atomic E-state index is 0.103. The number of hydrogen-bond acceptors (Lipinski definition) is 4. The van der Waals surface area contributed by atoms with E-state index in [1.165, 1.54) is 0 Å². The van der Waals surface area contributed by atoms with Crippen molar-refractivity contribution in [3.8, 4) is 0 Å². The Labute approximate surface area is 79.3 Å². The quantitative estimate of drug-likeness (QED) is 0.657. The smallest absolute Gasteiger partial charge is 0.153 e. The number of likely N-dealkylation sites (N-methyl/N-ethyl adjacent to an activating group) is 1. The topological polar surface area (TPSA) is 66.4 Å². The molecular weight excluding hydrogens is 190 g/mol. The van der Waals surface area contributed by atoms with Gasteiger partial charge in [-0.25, -0.2) is 8.42 Å². The van der Waals surface area contributed by atoms with Gasteiger partial charge in [0.1, 0.15) is 0 Å². The molecule has 0 aromatic heterocycles. The summed E-state index contributed by atoms with van der Waals surface area (Å²) < 4.78 is 22.3. The molecule has 2 N–H and O–H groups in total. The average Bonchev–Trinajstić information content (AvgIpc) is 2.28. The van der Waals surface area contributed by atoms with Gasteiger partial charge in [-0.15, -0.1) is 0 Å². The van der Waals surface area contributed by atoms with Crippen LogP contribution in [-0.4, -0.2) is 43.2 Å². The van der Waals surface area contributed by atoms with E-state index in [0.717, 1.165) is 6.54 Å². The Hall–Kier alpha value is -0.130. The lowest BCUT2D eigenvalue weighted by molar-refractivity contribution is 0.0334. The minimum atomic E-state index is -3.01. The molecule has 1 fully saturated rings. The third-order valence-electron chi connectivity index (χ3n) is 2.63. The van der Waals surface area contributed by atoms with Crippen LogP contribution in [0, 0.1) is 0 Å². The van der Waals surface area contributed by atoms with Gasteiger partial charge in [-0.1, -0.05) is 6.92 Å². The molecule has 4 nitrogen and oxygen atoms in total. The maximum Gasteiger partial charge on any atom is 0.153 e. The van der Waals surface area contributed by atoms with Gasteiger partial charge in [-0.2, -0.15) is 0 Å². The molecule has 0 aliphatic carbocycles. The van der Waals surface area contributed by atoms with Crippen molar-refractivity contribution >= 4 is 9.84 Å². The fraction of sp³-hybridized carbons (Fsp3) is 1.00. The van der Waals surface area contributed by atoms with Crippen LogP contribution in [0.5, 0.6) is 0 Å². The Balaban J connectivity index is 2.69. The number of rotatable bonds is 3. The van der Waals surface area contributed by atoms with Gasteiger partial charge in [-0.05, 0) is 19.9 Å². The fourth-order valence-corrected chi connectivity index (χ4v) is 3.66. The Morgan fingerprint density at radius 1 is 1.62 bits per heavy atom. The van der Waals surface area contributed by atoms with Crippen molar-refractivity contribution in [1.82, 2.24) is 5.32 Å². The first-order chi connectivity index (χ1) is 5.90. The molecule has 1 aliphatic rings. The summed E-state index contributed by atoms with van der Waals surface area (Å²) in [6.07, 6.45) is 0.351. The van der Waals surface area contributed by atoms with Crippen molar-refractivity contribution in [2.45, 2.75) is 31.9 Å². The van der Waals surface area contributed by atoms with Crippen molar-refractivity contribution in [3.63, 3.8) is 0 Å². The molecule has 1 saturated heterocycles. The second-order valence-electron chi connectivity index (χ2n) is 3.72. The van der Waals surface area contributed by atoms with Crippen molar-refractivity contribution in [2.24, 2.45) is 0 Å². The Kier molecular flexibility index (Phi) is 2.99. The summed E-state index contributed by atoms with van der Waals surface area (Å²) in [5.74, 6) is 0.00734. The summed E-state index contributed by atoms with van der Waals surface area (Å²) in [6.45, 7) is 4.50. The van der Waals surface area contributed by atoms with Gasteiger partial charge < -0.3 is 10.4 Å². The van der Waals surface area contributed by atoms with E-state index in [2.05, 4.69) is 5.32 Å². The monoisotopic (exact) mass is 207 g/mol. The normalized spacial score (nSPS) is 34.7. The highest BCUT2D eigenvalue weighted by Crippen LogP contribution is 2.26. The molecule has 0 amide bonds. The van der Waals surface area contributed by atoms with Crippen molar-refractivity contribution in [1.29, 1.82) is 0 Å². The van der Waals surface area contributed by atoms with E-state index in [0.29, 0.717) is 6.42 Å². The van der Waals surface area contributed by atoms with Gasteiger partial charge in [0.25, 0.3) is 0 Å². The van der Waals surface area contributed by atoms with E-state index in [1.54, 1.807) is 0 Å².